The van der Waals surface area contributed by atoms with E-state index in [4.69, 9.17) is 11.6 Å². The van der Waals surface area contributed by atoms with Gasteiger partial charge in [0.2, 0.25) is 5.91 Å². The lowest BCUT2D eigenvalue weighted by molar-refractivity contribution is -0.384. The molecule has 27 heavy (non-hydrogen) atoms. The van der Waals surface area contributed by atoms with Gasteiger partial charge in [-0.2, -0.15) is 0 Å². The number of rotatable bonds is 5. The van der Waals surface area contributed by atoms with Gasteiger partial charge in [-0.05, 0) is 30.7 Å². The number of carbonyl (C=O) groups is 3. The van der Waals surface area contributed by atoms with Gasteiger partial charge >= 0.3 is 0 Å². The molecule has 1 atom stereocenters. The van der Waals surface area contributed by atoms with Crippen LogP contribution < -0.4 is 5.32 Å². The van der Waals surface area contributed by atoms with Gasteiger partial charge in [-0.3, -0.25) is 29.4 Å². The minimum absolute atomic E-state index is 0.0455. The normalized spacial score (nSPS) is 14.1. The number of nitrogens with zero attached hydrogens (tertiary/aromatic N) is 2. The van der Waals surface area contributed by atoms with Crippen molar-refractivity contribution in [1.82, 2.24) is 10.2 Å². The van der Waals surface area contributed by atoms with Crippen molar-refractivity contribution in [3.63, 3.8) is 0 Å². The highest BCUT2D eigenvalue weighted by Crippen LogP contribution is 2.26. The van der Waals surface area contributed by atoms with Gasteiger partial charge in [-0.1, -0.05) is 23.7 Å². The second-order valence-electron chi connectivity index (χ2n) is 6.02. The van der Waals surface area contributed by atoms with E-state index >= 15 is 0 Å². The molecule has 0 unspecified atom stereocenters. The zero-order valence-electron chi connectivity index (χ0n) is 14.1. The van der Waals surface area contributed by atoms with Gasteiger partial charge in [0.25, 0.3) is 17.5 Å². The largest absolute Gasteiger partial charge is 0.348 e. The number of nitro benzene ring substituents is 1. The van der Waals surface area contributed by atoms with Crippen LogP contribution in [0.15, 0.2) is 42.5 Å². The standard InChI is InChI=1S/C18H14ClN3O5/c1-10(11-2-4-12(19)5-3-11)20-16(23)9-21-17(24)14-7-6-13(22(26)27)8-15(14)18(21)25/h2-8,10H,9H2,1H3,(H,20,23)/t10-/m0/s1. The predicted molar refractivity (Wildman–Crippen MR) is 96.5 cm³/mol. The van der Waals surface area contributed by atoms with Crippen LogP contribution in [0.3, 0.4) is 0 Å². The van der Waals surface area contributed by atoms with Crippen LogP contribution in [0.1, 0.15) is 39.2 Å². The Hall–Kier alpha value is -3.26. The van der Waals surface area contributed by atoms with Gasteiger partial charge in [0.05, 0.1) is 22.1 Å². The third kappa shape index (κ3) is 3.65. The number of hydrogen-bond acceptors (Lipinski definition) is 5. The molecule has 0 radical (unpaired) electrons. The van der Waals surface area contributed by atoms with Crippen LogP contribution in [0.5, 0.6) is 0 Å². The number of benzene rings is 2. The molecule has 3 amide bonds. The molecule has 138 valence electrons. The van der Waals surface area contributed by atoms with Crippen LogP contribution in [0.4, 0.5) is 5.69 Å². The van der Waals surface area contributed by atoms with Crippen molar-refractivity contribution in [3.05, 3.63) is 74.3 Å². The molecule has 2 aromatic rings. The SMILES string of the molecule is C[C@H](NC(=O)CN1C(=O)c2ccc([N+](=O)[O-])cc2C1=O)c1ccc(Cl)cc1. The lowest BCUT2D eigenvalue weighted by Gasteiger charge is -2.18. The summed E-state index contributed by atoms with van der Waals surface area (Å²) in [7, 11) is 0. The van der Waals surface area contributed by atoms with Crippen molar-refractivity contribution in [3.8, 4) is 0 Å². The molecule has 1 aliphatic heterocycles. The molecule has 0 saturated carbocycles. The van der Waals surface area contributed by atoms with Crippen molar-refractivity contribution in [1.29, 1.82) is 0 Å². The molecule has 0 bridgehead atoms. The molecule has 0 spiro atoms. The number of carbonyl (C=O) groups excluding carboxylic acids is 3. The van der Waals surface area contributed by atoms with Gasteiger partial charge in [-0.25, -0.2) is 0 Å². The summed E-state index contributed by atoms with van der Waals surface area (Å²) in [6.07, 6.45) is 0. The van der Waals surface area contributed by atoms with Gasteiger partial charge < -0.3 is 5.32 Å². The van der Waals surface area contributed by atoms with Crippen LogP contribution in [0.25, 0.3) is 0 Å². The predicted octanol–water partition coefficient (Wildman–Crippen LogP) is 2.72. The fourth-order valence-corrected chi connectivity index (χ4v) is 2.93. The minimum atomic E-state index is -0.729. The number of hydrogen-bond donors (Lipinski definition) is 1. The quantitative estimate of drug-likeness (QED) is 0.482. The first kappa shape index (κ1) is 18.5. The van der Waals surface area contributed by atoms with E-state index in [1.54, 1.807) is 31.2 Å². The van der Waals surface area contributed by atoms with Crippen LogP contribution in [0.2, 0.25) is 5.02 Å². The lowest BCUT2D eigenvalue weighted by Crippen LogP contribution is -2.41. The molecule has 9 heteroatoms. The zero-order chi connectivity index (χ0) is 19.7. The maximum absolute atomic E-state index is 12.4. The Morgan fingerprint density at radius 2 is 1.78 bits per heavy atom. The van der Waals surface area contributed by atoms with Crippen molar-refractivity contribution in [2.75, 3.05) is 6.54 Å². The number of amides is 3. The second-order valence-corrected chi connectivity index (χ2v) is 6.46. The highest BCUT2D eigenvalue weighted by Gasteiger charge is 2.37. The monoisotopic (exact) mass is 387 g/mol. The Labute approximate surface area is 158 Å². The fraction of sp³-hybridized carbons (Fsp3) is 0.167. The average molecular weight is 388 g/mol. The van der Waals surface area contributed by atoms with Gasteiger partial charge in [0, 0.05) is 17.2 Å². The van der Waals surface area contributed by atoms with Crippen LogP contribution in [-0.2, 0) is 4.79 Å². The first-order chi connectivity index (χ1) is 12.8. The van der Waals surface area contributed by atoms with Crippen molar-refractivity contribution >= 4 is 35.0 Å². The molecular weight excluding hydrogens is 374 g/mol. The Bertz CT molecular complexity index is 958. The van der Waals surface area contributed by atoms with Crippen molar-refractivity contribution in [2.45, 2.75) is 13.0 Å². The van der Waals surface area contributed by atoms with Crippen LogP contribution in [-0.4, -0.2) is 34.1 Å². The summed E-state index contributed by atoms with van der Waals surface area (Å²) in [5.74, 6) is -1.91. The molecule has 0 saturated heterocycles. The smallest absolute Gasteiger partial charge is 0.270 e. The van der Waals surface area contributed by atoms with Gasteiger partial charge in [-0.15, -0.1) is 0 Å². The molecule has 2 aromatic carbocycles. The number of nitro groups is 1. The molecule has 0 aromatic heterocycles. The Morgan fingerprint density at radius 1 is 1.15 bits per heavy atom. The van der Waals surface area contributed by atoms with E-state index in [1.165, 1.54) is 6.07 Å². The first-order valence-electron chi connectivity index (χ1n) is 7.97. The fourth-order valence-electron chi connectivity index (χ4n) is 2.80. The number of halogens is 1. The Kier molecular flexibility index (Phi) is 4.91. The summed E-state index contributed by atoms with van der Waals surface area (Å²) in [5, 5.41) is 14.1. The molecule has 1 aliphatic rings. The average Bonchev–Trinajstić information content (AvgIpc) is 2.86. The Morgan fingerprint density at radius 3 is 2.41 bits per heavy atom. The van der Waals surface area contributed by atoms with Gasteiger partial charge in [0.1, 0.15) is 6.54 Å². The molecule has 1 N–H and O–H groups in total. The number of nitrogens with one attached hydrogen (secondary N) is 1. The highest BCUT2D eigenvalue weighted by atomic mass is 35.5. The second kappa shape index (κ2) is 7.16. The summed E-state index contributed by atoms with van der Waals surface area (Å²) in [6, 6.07) is 9.96. The van der Waals surface area contributed by atoms with E-state index in [1.807, 2.05) is 0 Å². The summed E-state index contributed by atoms with van der Waals surface area (Å²) in [6.45, 7) is 1.28. The maximum Gasteiger partial charge on any atom is 0.270 e. The van der Waals surface area contributed by atoms with E-state index in [0.29, 0.717) is 5.02 Å². The van der Waals surface area contributed by atoms with Crippen LogP contribution >= 0.6 is 11.6 Å². The van der Waals surface area contributed by atoms with E-state index in [0.717, 1.165) is 22.6 Å². The molecule has 0 fully saturated rings. The Balaban J connectivity index is 1.71. The molecular formula is C18H14ClN3O5. The zero-order valence-corrected chi connectivity index (χ0v) is 14.9. The highest BCUT2D eigenvalue weighted by molar-refractivity contribution is 6.30. The van der Waals surface area contributed by atoms with Gasteiger partial charge in [0.15, 0.2) is 0 Å². The topological polar surface area (TPSA) is 110 Å². The molecule has 1 heterocycles. The van der Waals surface area contributed by atoms with E-state index in [2.05, 4.69) is 5.32 Å². The van der Waals surface area contributed by atoms with E-state index < -0.39 is 29.2 Å². The summed E-state index contributed by atoms with van der Waals surface area (Å²) in [4.78, 5) is 48.0. The van der Waals surface area contributed by atoms with Crippen LogP contribution in [0, 0.1) is 10.1 Å². The molecule has 8 nitrogen and oxygen atoms in total. The number of imide groups is 1. The first-order valence-corrected chi connectivity index (χ1v) is 8.35. The van der Waals surface area contributed by atoms with E-state index in [-0.39, 0.29) is 22.9 Å². The van der Waals surface area contributed by atoms with E-state index in [9.17, 15) is 24.5 Å². The van der Waals surface area contributed by atoms with Crippen molar-refractivity contribution in [2.24, 2.45) is 0 Å². The third-order valence-corrected chi connectivity index (χ3v) is 4.47. The number of non-ortho nitro benzene ring substituents is 1. The molecule has 0 aliphatic carbocycles. The third-order valence-electron chi connectivity index (χ3n) is 4.21. The number of fused-ring (bicyclic) bond motifs is 1. The van der Waals surface area contributed by atoms with Crippen molar-refractivity contribution < 1.29 is 19.3 Å². The molecule has 3 rings (SSSR count). The lowest BCUT2D eigenvalue weighted by atomic mass is 10.1. The maximum atomic E-state index is 12.4. The summed E-state index contributed by atoms with van der Waals surface area (Å²) >= 11 is 5.83. The summed E-state index contributed by atoms with van der Waals surface area (Å²) < 4.78 is 0. The minimum Gasteiger partial charge on any atom is -0.348 e. The summed E-state index contributed by atoms with van der Waals surface area (Å²) in [5.41, 5.74) is 0.486.